The van der Waals surface area contributed by atoms with E-state index in [2.05, 4.69) is 32.8 Å². The van der Waals surface area contributed by atoms with E-state index in [0.717, 1.165) is 70.1 Å². The highest BCUT2D eigenvalue weighted by Gasteiger charge is 2.40. The number of anilines is 1. The third kappa shape index (κ3) is 9.49. The number of hydrogen-bond acceptors (Lipinski definition) is 10. The lowest BCUT2D eigenvalue weighted by atomic mass is 9.87. The number of carbonyl (C=O) groups excluding carboxylic acids is 4. The van der Waals surface area contributed by atoms with Crippen molar-refractivity contribution < 1.29 is 37.1 Å². The highest BCUT2D eigenvalue weighted by Crippen LogP contribution is 2.41. The number of aryl methyl sites for hydroxylation is 1. The van der Waals surface area contributed by atoms with Gasteiger partial charge in [0.05, 0.1) is 30.7 Å². The van der Waals surface area contributed by atoms with Crippen molar-refractivity contribution >= 4 is 40.3 Å². The number of unbranched alkanes of at least 4 members (excludes halogenated alkanes) is 4. The predicted molar refractivity (Wildman–Crippen MR) is 242 cm³/mol. The van der Waals surface area contributed by atoms with Crippen LogP contribution in [0.3, 0.4) is 0 Å². The third-order valence-corrected chi connectivity index (χ3v) is 13.6. The van der Waals surface area contributed by atoms with E-state index in [4.69, 9.17) is 4.74 Å². The van der Waals surface area contributed by atoms with E-state index in [0.29, 0.717) is 54.1 Å². The Morgan fingerprint density at radius 1 is 0.955 bits per heavy atom. The first kappa shape index (κ1) is 46.2. The summed E-state index contributed by atoms with van der Waals surface area (Å²) in [7, 11) is 0. The minimum atomic E-state index is -0.736. The van der Waals surface area contributed by atoms with Crippen LogP contribution in [0.5, 0.6) is 5.75 Å². The maximum absolute atomic E-state index is 16.6. The molecule has 66 heavy (non-hydrogen) atoms. The Labute approximate surface area is 382 Å². The fourth-order valence-corrected chi connectivity index (χ4v) is 10.1. The van der Waals surface area contributed by atoms with Crippen molar-refractivity contribution in [2.24, 2.45) is 0 Å². The number of benzene rings is 3. The number of halogens is 3. The molecule has 2 unspecified atom stereocenters. The van der Waals surface area contributed by atoms with Gasteiger partial charge in [0.2, 0.25) is 17.7 Å². The highest BCUT2D eigenvalue weighted by molar-refractivity contribution is 6.05. The van der Waals surface area contributed by atoms with Gasteiger partial charge in [-0.1, -0.05) is 38.0 Å². The summed E-state index contributed by atoms with van der Waals surface area (Å²) in [6.07, 6.45) is 8.09. The Morgan fingerprint density at radius 3 is 2.48 bits per heavy atom. The molecule has 13 nitrogen and oxygen atoms in total. The van der Waals surface area contributed by atoms with Gasteiger partial charge in [0.15, 0.2) is 5.82 Å². The van der Waals surface area contributed by atoms with E-state index in [9.17, 15) is 24.4 Å². The summed E-state index contributed by atoms with van der Waals surface area (Å²) >= 11 is 0. The quantitative estimate of drug-likeness (QED) is 0.0722. The summed E-state index contributed by atoms with van der Waals surface area (Å²) in [5.41, 5.74) is 2.63. The number of nitriles is 1. The maximum Gasteiger partial charge on any atom is 0.255 e. The van der Waals surface area contributed by atoms with Crippen LogP contribution in [-0.4, -0.2) is 106 Å². The third-order valence-electron chi connectivity index (χ3n) is 13.6. The van der Waals surface area contributed by atoms with Crippen LogP contribution < -0.4 is 15.0 Å². The molecule has 2 atom stereocenters. The molecule has 3 aromatic carbocycles. The lowest BCUT2D eigenvalue weighted by molar-refractivity contribution is -0.137. The lowest BCUT2D eigenvalue weighted by Crippen LogP contribution is -2.55. The topological polar surface area (TPSA) is 152 Å². The Hall–Kier alpha value is -6.34. The van der Waals surface area contributed by atoms with Crippen LogP contribution in [-0.2, 0) is 20.9 Å². The number of carbonyl (C=O) groups is 4. The molecular formula is C50H55F3N8O5. The molecule has 5 heterocycles. The SMILES string of the molecule is C=C(C)C(=O)N1CCN(c2ncnc3c(F)c(-c4c(F)cccc4OCCCCCCCN4CCC(c5cc6c(cc5F)C(=O)N(C5CCC(=O)NC5=O)C6)CC4)c(C)cc23)CC1CC#N. The van der Waals surface area contributed by atoms with E-state index >= 15 is 13.2 Å². The summed E-state index contributed by atoms with van der Waals surface area (Å²) in [4.78, 5) is 66.2. The highest BCUT2D eigenvalue weighted by atomic mass is 19.1. The second-order valence-electron chi connectivity index (χ2n) is 18.0. The van der Waals surface area contributed by atoms with E-state index < -0.39 is 35.4 Å². The average Bonchev–Trinajstić information content (AvgIpc) is 3.61. The monoisotopic (exact) mass is 904 g/mol. The number of piperidine rings is 2. The van der Waals surface area contributed by atoms with Gasteiger partial charge in [-0.2, -0.15) is 5.26 Å². The van der Waals surface area contributed by atoms with Gasteiger partial charge in [0.25, 0.3) is 5.91 Å². The number of imide groups is 1. The van der Waals surface area contributed by atoms with Gasteiger partial charge in [0, 0.05) is 54.7 Å². The van der Waals surface area contributed by atoms with Gasteiger partial charge in [0.1, 0.15) is 41.1 Å². The van der Waals surface area contributed by atoms with Crippen molar-refractivity contribution in [1.82, 2.24) is 30.0 Å². The molecule has 1 N–H and O–H groups in total. The van der Waals surface area contributed by atoms with Crippen molar-refractivity contribution in [3.8, 4) is 22.9 Å². The zero-order chi connectivity index (χ0) is 46.6. The number of amides is 4. The first-order chi connectivity index (χ1) is 31.8. The van der Waals surface area contributed by atoms with Gasteiger partial charge in [-0.25, -0.2) is 23.1 Å². The van der Waals surface area contributed by atoms with Crippen LogP contribution in [0.4, 0.5) is 19.0 Å². The Bertz CT molecular complexity index is 2610. The van der Waals surface area contributed by atoms with Crippen LogP contribution in [0.25, 0.3) is 22.0 Å². The molecule has 4 aromatic rings. The predicted octanol–water partition coefficient (Wildman–Crippen LogP) is 7.50. The Kier molecular flexibility index (Phi) is 14.0. The molecule has 0 saturated carbocycles. The fraction of sp³-hybridized carbons (Fsp3) is 0.460. The van der Waals surface area contributed by atoms with Crippen LogP contribution in [0.1, 0.15) is 104 Å². The van der Waals surface area contributed by atoms with Crippen molar-refractivity contribution in [3.05, 3.63) is 94.6 Å². The average molecular weight is 905 g/mol. The lowest BCUT2D eigenvalue weighted by Gasteiger charge is -2.41. The maximum atomic E-state index is 16.6. The van der Waals surface area contributed by atoms with Gasteiger partial charge in [-0.05, 0) is 112 Å². The number of rotatable bonds is 15. The molecular weight excluding hydrogens is 850 g/mol. The molecule has 0 bridgehead atoms. The minimum absolute atomic E-state index is 0.0322. The molecule has 1 aromatic heterocycles. The summed E-state index contributed by atoms with van der Waals surface area (Å²) in [6.45, 7) is 11.4. The van der Waals surface area contributed by atoms with E-state index in [1.54, 1.807) is 43.0 Å². The molecule has 16 heteroatoms. The number of likely N-dealkylation sites (tertiary alicyclic amines) is 1. The van der Waals surface area contributed by atoms with E-state index in [1.165, 1.54) is 23.4 Å². The molecule has 8 rings (SSSR count). The zero-order valence-electron chi connectivity index (χ0n) is 37.5. The van der Waals surface area contributed by atoms with Gasteiger partial charge >= 0.3 is 0 Å². The summed E-state index contributed by atoms with van der Waals surface area (Å²) in [6, 6.07) is 10.4. The van der Waals surface area contributed by atoms with Gasteiger partial charge in [-0.15, -0.1) is 0 Å². The normalized spacial score (nSPS) is 19.3. The molecule has 4 aliphatic rings. The smallest absolute Gasteiger partial charge is 0.255 e. The van der Waals surface area contributed by atoms with Crippen molar-refractivity contribution in [2.45, 2.75) is 103 Å². The molecule has 0 aliphatic carbocycles. The number of fused-ring (bicyclic) bond motifs is 2. The minimum Gasteiger partial charge on any atom is -0.493 e. The zero-order valence-corrected chi connectivity index (χ0v) is 37.5. The van der Waals surface area contributed by atoms with Gasteiger partial charge in [-0.3, -0.25) is 24.5 Å². The Morgan fingerprint density at radius 2 is 1.73 bits per heavy atom. The second kappa shape index (κ2) is 20.0. The molecule has 3 fully saturated rings. The number of hydrogen-bond donors (Lipinski definition) is 1. The molecule has 4 aliphatic heterocycles. The van der Waals surface area contributed by atoms with E-state index in [1.807, 2.05) is 4.90 Å². The number of piperazine rings is 1. The molecule has 0 radical (unpaired) electrons. The number of nitrogens with one attached hydrogen (secondary N) is 1. The van der Waals surface area contributed by atoms with E-state index in [-0.39, 0.29) is 77.4 Å². The Balaban J connectivity index is 0.806. The van der Waals surface area contributed by atoms with Crippen LogP contribution in [0.15, 0.2) is 54.9 Å². The summed E-state index contributed by atoms with van der Waals surface area (Å²) in [5, 5.41) is 12.3. The molecule has 346 valence electrons. The molecule has 0 spiro atoms. The van der Waals surface area contributed by atoms with Crippen molar-refractivity contribution in [2.75, 3.05) is 50.8 Å². The number of nitrogens with zero attached hydrogens (tertiary/aromatic N) is 7. The number of ether oxygens (including phenoxy) is 1. The summed E-state index contributed by atoms with van der Waals surface area (Å²) < 4.78 is 53.9. The van der Waals surface area contributed by atoms with Crippen molar-refractivity contribution in [1.29, 1.82) is 5.26 Å². The van der Waals surface area contributed by atoms with Crippen LogP contribution >= 0.6 is 0 Å². The number of aromatic nitrogens is 2. The van der Waals surface area contributed by atoms with Crippen LogP contribution in [0, 0.1) is 35.7 Å². The van der Waals surface area contributed by atoms with Crippen LogP contribution in [0.2, 0.25) is 0 Å². The molecule has 4 amide bonds. The second-order valence-corrected chi connectivity index (χ2v) is 18.0. The standard InChI is InChI=1S/C50H55F3N8O5/c1-30(2)49(64)60-22-21-59(28-34(60)14-17-54)47-37-24-31(3)43(45(53)46(37)55-29-56-47)44-38(51)10-9-11-41(44)66-23-8-6-4-5-7-18-58-19-15-32(16-20-58)35-25-33-27-61(50(65)36(33)26-39(35)52)40-12-13-42(62)57-48(40)63/h9-11,24-26,29,32,34,40H,1,4-8,12-16,18-23,27-28H2,2-3H3,(H,57,62,63). The van der Waals surface area contributed by atoms with Gasteiger partial charge < -0.3 is 24.3 Å². The van der Waals surface area contributed by atoms with Crippen molar-refractivity contribution in [3.63, 3.8) is 0 Å². The largest absolute Gasteiger partial charge is 0.493 e. The fourth-order valence-electron chi connectivity index (χ4n) is 10.1. The first-order valence-corrected chi connectivity index (χ1v) is 23.0. The molecule has 3 saturated heterocycles. The first-order valence-electron chi connectivity index (χ1n) is 23.0. The summed E-state index contributed by atoms with van der Waals surface area (Å²) in [5.74, 6) is -2.36.